The highest BCUT2D eigenvalue weighted by Crippen LogP contribution is 2.50. The molecular formula is C6H15O4PSi. The summed E-state index contributed by atoms with van der Waals surface area (Å²) in [5.41, 5.74) is -0.535. The van der Waals surface area contributed by atoms with E-state index in [-0.39, 0.29) is 0 Å². The van der Waals surface area contributed by atoms with Crippen molar-refractivity contribution in [1.82, 2.24) is 0 Å². The van der Waals surface area contributed by atoms with Gasteiger partial charge in [0.05, 0.1) is 0 Å². The summed E-state index contributed by atoms with van der Waals surface area (Å²) < 4.78 is 21.3. The van der Waals surface area contributed by atoms with E-state index in [1.807, 2.05) is 19.6 Å². The highest BCUT2D eigenvalue weighted by Gasteiger charge is 2.35. The fraction of sp³-hybridized carbons (Fsp3) is 0.833. The van der Waals surface area contributed by atoms with E-state index in [2.05, 4.69) is 4.52 Å². The largest absolute Gasteiger partial charge is 0.386 e. The number of rotatable bonds is 4. The molecule has 72 valence electrons. The van der Waals surface area contributed by atoms with Gasteiger partial charge in [-0.15, -0.1) is 0 Å². The maximum atomic E-state index is 11.5. The Morgan fingerprint density at radius 3 is 1.83 bits per heavy atom. The molecule has 1 atom stereocenters. The summed E-state index contributed by atoms with van der Waals surface area (Å²) >= 11 is 0. The van der Waals surface area contributed by atoms with Crippen LogP contribution in [-0.2, 0) is 18.1 Å². The smallest absolute Gasteiger partial charge is 0.346 e. The summed E-state index contributed by atoms with van der Waals surface area (Å²) in [5.74, 6) is 0. The molecule has 4 nitrogen and oxygen atoms in total. The van der Waals surface area contributed by atoms with Crippen molar-refractivity contribution in [3.05, 3.63) is 0 Å². The maximum absolute atomic E-state index is 11.5. The molecule has 6 heteroatoms. The number of carbonyl (C=O) groups is 1. The molecule has 0 spiro atoms. The summed E-state index contributed by atoms with van der Waals surface area (Å²) in [7, 11) is -4.23. The normalized spacial score (nSPS) is 17.1. The van der Waals surface area contributed by atoms with Crippen LogP contribution in [0, 0.1) is 0 Å². The second-order valence-corrected chi connectivity index (χ2v) is 10.3. The lowest BCUT2D eigenvalue weighted by molar-refractivity contribution is -0.111. The lowest BCUT2D eigenvalue weighted by Gasteiger charge is -2.22. The minimum Gasteiger partial charge on any atom is -0.346 e. The summed E-state index contributed by atoms with van der Waals surface area (Å²) in [6, 6.07) is 0. The van der Waals surface area contributed by atoms with E-state index in [1.165, 1.54) is 14.0 Å². The van der Waals surface area contributed by atoms with Crippen molar-refractivity contribution in [2.45, 2.75) is 26.6 Å². The second-order valence-electron chi connectivity index (χ2n) is 3.40. The lowest BCUT2D eigenvalue weighted by atomic mass is 10.9. The molecule has 0 saturated carbocycles. The minimum atomic E-state index is -3.47. The molecule has 0 aromatic heterocycles. The van der Waals surface area contributed by atoms with Gasteiger partial charge >= 0.3 is 7.60 Å². The van der Waals surface area contributed by atoms with Crippen LogP contribution in [0.5, 0.6) is 0 Å². The molecule has 0 heterocycles. The van der Waals surface area contributed by atoms with Crippen molar-refractivity contribution >= 4 is 21.4 Å². The molecule has 0 bridgehead atoms. The first-order chi connectivity index (χ1) is 5.21. The van der Waals surface area contributed by atoms with E-state index in [0.717, 1.165) is 0 Å². The zero-order chi connectivity index (χ0) is 9.99. The zero-order valence-electron chi connectivity index (χ0n) is 8.08. The van der Waals surface area contributed by atoms with Gasteiger partial charge in [0.15, 0.2) is 8.32 Å². The van der Waals surface area contributed by atoms with Gasteiger partial charge in [0.1, 0.15) is 0 Å². The molecule has 1 unspecified atom stereocenters. The van der Waals surface area contributed by atoms with Crippen LogP contribution < -0.4 is 0 Å². The van der Waals surface area contributed by atoms with E-state index in [9.17, 15) is 9.36 Å². The van der Waals surface area contributed by atoms with Gasteiger partial charge in [-0.1, -0.05) is 0 Å². The molecule has 0 aliphatic heterocycles. The van der Waals surface area contributed by atoms with Gasteiger partial charge in [-0.25, -0.2) is 0 Å². The fourth-order valence-electron chi connectivity index (χ4n) is 0.591. The SMILES string of the molecule is COP(=O)(O[Si](C)(C)C)C(C)=O. The Morgan fingerprint density at radius 2 is 1.75 bits per heavy atom. The minimum absolute atomic E-state index is 0.535. The van der Waals surface area contributed by atoms with Crippen molar-refractivity contribution < 1.29 is 18.1 Å². The number of hydrogen-bond acceptors (Lipinski definition) is 4. The second kappa shape index (κ2) is 3.83. The predicted molar refractivity (Wildman–Crippen MR) is 49.7 cm³/mol. The molecule has 0 radical (unpaired) electrons. The summed E-state index contributed by atoms with van der Waals surface area (Å²) in [5, 5.41) is 0. The number of carbonyl (C=O) groups excluding carboxylic acids is 1. The van der Waals surface area contributed by atoms with Gasteiger partial charge in [0.25, 0.3) is 0 Å². The van der Waals surface area contributed by atoms with E-state index >= 15 is 0 Å². The Hall–Kier alpha value is 0.0369. The fourth-order valence-corrected chi connectivity index (χ4v) is 4.54. The quantitative estimate of drug-likeness (QED) is 0.527. The van der Waals surface area contributed by atoms with Gasteiger partial charge in [-0.3, -0.25) is 9.36 Å². The zero-order valence-corrected chi connectivity index (χ0v) is 9.97. The van der Waals surface area contributed by atoms with Crippen molar-refractivity contribution in [2.24, 2.45) is 0 Å². The van der Waals surface area contributed by atoms with Crippen LogP contribution in [0.3, 0.4) is 0 Å². The van der Waals surface area contributed by atoms with Crippen LogP contribution in [0.25, 0.3) is 0 Å². The standard InChI is InChI=1S/C6H15O4PSi/c1-6(7)11(8,9-2)10-12(3,4)5/h1-5H3. The molecule has 12 heavy (non-hydrogen) atoms. The van der Waals surface area contributed by atoms with Crippen molar-refractivity contribution in [2.75, 3.05) is 7.11 Å². The maximum Gasteiger partial charge on any atom is 0.386 e. The van der Waals surface area contributed by atoms with Crippen LogP contribution in [-0.4, -0.2) is 21.0 Å². The van der Waals surface area contributed by atoms with Crippen LogP contribution in [0.4, 0.5) is 0 Å². The molecule has 0 rings (SSSR count). The first kappa shape index (κ1) is 12.0. The van der Waals surface area contributed by atoms with E-state index in [1.54, 1.807) is 0 Å². The van der Waals surface area contributed by atoms with Gasteiger partial charge < -0.3 is 8.74 Å². The van der Waals surface area contributed by atoms with Crippen LogP contribution >= 0.6 is 7.60 Å². The molecule has 0 fully saturated rings. The predicted octanol–water partition coefficient (Wildman–Crippen LogP) is 2.22. The van der Waals surface area contributed by atoms with Gasteiger partial charge in [-0.2, -0.15) is 0 Å². The Labute approximate surface area is 73.9 Å². The van der Waals surface area contributed by atoms with Crippen molar-refractivity contribution in [3.63, 3.8) is 0 Å². The van der Waals surface area contributed by atoms with E-state index in [4.69, 9.17) is 4.21 Å². The average Bonchev–Trinajstić information content (AvgIpc) is 1.83. The van der Waals surface area contributed by atoms with Crippen LogP contribution in [0.15, 0.2) is 0 Å². The van der Waals surface area contributed by atoms with Crippen LogP contribution in [0.2, 0.25) is 19.6 Å². The van der Waals surface area contributed by atoms with Crippen molar-refractivity contribution in [3.8, 4) is 0 Å². The van der Waals surface area contributed by atoms with Gasteiger partial charge in [0, 0.05) is 14.0 Å². The average molecular weight is 210 g/mol. The highest BCUT2D eigenvalue weighted by atomic mass is 31.2. The van der Waals surface area contributed by atoms with Gasteiger partial charge in [0.2, 0.25) is 5.52 Å². The first-order valence-electron chi connectivity index (χ1n) is 3.59. The summed E-state index contributed by atoms with van der Waals surface area (Å²) in [6.07, 6.45) is 0. The molecule has 0 aromatic carbocycles. The molecule has 0 aromatic rings. The van der Waals surface area contributed by atoms with Crippen molar-refractivity contribution in [1.29, 1.82) is 0 Å². The Morgan fingerprint density at radius 1 is 1.33 bits per heavy atom. The summed E-state index contributed by atoms with van der Waals surface area (Å²) in [6.45, 7) is 6.76. The number of hydrogen-bond donors (Lipinski definition) is 0. The van der Waals surface area contributed by atoms with E-state index in [0.29, 0.717) is 0 Å². The Balaban J connectivity index is 4.59. The summed E-state index contributed by atoms with van der Waals surface area (Å²) in [4.78, 5) is 10.9. The third kappa shape index (κ3) is 3.63. The lowest BCUT2D eigenvalue weighted by Crippen LogP contribution is -2.25. The highest BCUT2D eigenvalue weighted by molar-refractivity contribution is 7.72. The Bertz CT molecular complexity index is 220. The Kier molecular flexibility index (Phi) is 3.84. The van der Waals surface area contributed by atoms with Gasteiger partial charge in [-0.05, 0) is 19.6 Å². The topological polar surface area (TPSA) is 52.6 Å². The molecule has 0 aliphatic rings. The molecule has 0 amide bonds. The molecule has 0 saturated heterocycles. The molecule has 0 aliphatic carbocycles. The monoisotopic (exact) mass is 210 g/mol. The first-order valence-corrected chi connectivity index (χ1v) is 8.54. The van der Waals surface area contributed by atoms with Crippen LogP contribution in [0.1, 0.15) is 6.92 Å². The van der Waals surface area contributed by atoms with E-state index < -0.39 is 21.4 Å². The molecular weight excluding hydrogens is 195 g/mol. The third-order valence-electron chi connectivity index (χ3n) is 1.02. The molecule has 0 N–H and O–H groups in total. The third-order valence-corrected chi connectivity index (χ3v) is 5.42.